The number of aromatic hydroxyl groups is 3. The van der Waals surface area contributed by atoms with Gasteiger partial charge in [-0.15, -0.1) is 0 Å². The van der Waals surface area contributed by atoms with Crippen LogP contribution in [-0.4, -0.2) is 43.8 Å². The summed E-state index contributed by atoms with van der Waals surface area (Å²) in [5.41, 5.74) is 8.89. The van der Waals surface area contributed by atoms with Gasteiger partial charge in [0.25, 0.3) is 0 Å². The van der Waals surface area contributed by atoms with Gasteiger partial charge in [0.15, 0.2) is 0 Å². The zero-order chi connectivity index (χ0) is 36.6. The van der Waals surface area contributed by atoms with Crippen LogP contribution < -0.4 is 0 Å². The summed E-state index contributed by atoms with van der Waals surface area (Å²) in [7, 11) is 6.50. The highest BCUT2D eigenvalue weighted by atomic mass is 16.5. The molecule has 1 atom stereocenters. The normalized spacial score (nSPS) is 13.1. The summed E-state index contributed by atoms with van der Waals surface area (Å²) < 4.78 is 21.9. The molecular formula is C43H56O7. The van der Waals surface area contributed by atoms with Crippen molar-refractivity contribution in [1.82, 2.24) is 0 Å². The maximum Gasteiger partial charge on any atom is 0.126 e. The van der Waals surface area contributed by atoms with E-state index in [-0.39, 0.29) is 24.7 Å². The highest BCUT2D eigenvalue weighted by Crippen LogP contribution is 2.45. The number of phenolic OH excluding ortho intramolecular Hbond substituents is 3. The van der Waals surface area contributed by atoms with Crippen LogP contribution in [0.2, 0.25) is 0 Å². The van der Waals surface area contributed by atoms with Gasteiger partial charge in [0.05, 0.1) is 26.4 Å². The number of ether oxygens (including phenoxy) is 4. The summed E-state index contributed by atoms with van der Waals surface area (Å²) in [5, 5.41) is 33.4. The lowest BCUT2D eigenvalue weighted by Gasteiger charge is -2.35. The molecule has 4 rings (SSSR count). The van der Waals surface area contributed by atoms with E-state index in [9.17, 15) is 15.3 Å². The van der Waals surface area contributed by atoms with Gasteiger partial charge >= 0.3 is 0 Å². The van der Waals surface area contributed by atoms with Gasteiger partial charge in [-0.1, -0.05) is 76.9 Å². The molecule has 0 saturated heterocycles. The van der Waals surface area contributed by atoms with Crippen LogP contribution in [0.5, 0.6) is 17.2 Å². The lowest BCUT2D eigenvalue weighted by molar-refractivity contribution is 0.174. The highest BCUT2D eigenvalue weighted by molar-refractivity contribution is 5.58. The molecule has 0 bridgehead atoms. The Morgan fingerprint density at radius 2 is 0.740 bits per heavy atom. The number of rotatable bonds is 17. The van der Waals surface area contributed by atoms with Gasteiger partial charge in [0.2, 0.25) is 0 Å². The molecule has 270 valence electrons. The Labute approximate surface area is 298 Å². The first-order valence-electron chi connectivity index (χ1n) is 17.5. The van der Waals surface area contributed by atoms with Gasteiger partial charge in [-0.3, -0.25) is 0 Å². The van der Waals surface area contributed by atoms with Crippen molar-refractivity contribution in [2.24, 2.45) is 0 Å². The zero-order valence-electron chi connectivity index (χ0n) is 31.4. The lowest BCUT2D eigenvalue weighted by Crippen LogP contribution is -2.27. The standard InChI is InChI=1S/C43H56O7/c1-10-12-28-18-37(19-29(13-11-2)39(28)44)43(5,38-22-32(26-49-8)41(46)33(23-38)27-50-9)35-16-14-34(15-17-35)42(3,4)36-20-30(24-47-6)40(45)31(21-36)25-48-7/h14-23,44-46H,10-13,24-27H2,1-9H3. The van der Waals surface area contributed by atoms with Crippen molar-refractivity contribution in [1.29, 1.82) is 0 Å². The molecule has 0 aliphatic carbocycles. The molecule has 0 heterocycles. The first kappa shape index (κ1) is 38.9. The Morgan fingerprint density at radius 3 is 1.08 bits per heavy atom. The van der Waals surface area contributed by atoms with E-state index in [4.69, 9.17) is 18.9 Å². The molecule has 0 fully saturated rings. The van der Waals surface area contributed by atoms with Gasteiger partial charge in [-0.2, -0.15) is 0 Å². The van der Waals surface area contributed by atoms with E-state index in [1.807, 2.05) is 24.3 Å². The summed E-state index contributed by atoms with van der Waals surface area (Å²) in [5.74, 6) is 0.764. The minimum Gasteiger partial charge on any atom is -0.507 e. The number of hydrogen-bond donors (Lipinski definition) is 3. The first-order chi connectivity index (χ1) is 23.9. The fourth-order valence-electron chi connectivity index (χ4n) is 7.09. The predicted molar refractivity (Wildman–Crippen MR) is 199 cm³/mol. The molecule has 0 aliphatic heterocycles. The van der Waals surface area contributed by atoms with Crippen LogP contribution in [0.1, 0.15) is 109 Å². The SMILES string of the molecule is CCCc1cc(C(C)(c2ccc(C(C)(C)c3cc(COC)c(O)c(COC)c3)cc2)c2cc(COC)c(O)c(COC)c2)cc(CCC)c1O. The first-order valence-corrected chi connectivity index (χ1v) is 17.5. The number of benzene rings is 4. The summed E-state index contributed by atoms with van der Waals surface area (Å²) >= 11 is 0. The fourth-order valence-corrected chi connectivity index (χ4v) is 7.09. The van der Waals surface area contributed by atoms with Crippen LogP contribution in [0.25, 0.3) is 0 Å². The second-order valence-corrected chi connectivity index (χ2v) is 14.0. The number of aryl methyl sites for hydroxylation is 2. The molecule has 0 aromatic heterocycles. The Balaban J connectivity index is 1.97. The highest BCUT2D eigenvalue weighted by Gasteiger charge is 2.35. The van der Waals surface area contributed by atoms with E-state index in [1.165, 1.54) is 0 Å². The quantitative estimate of drug-likeness (QED) is 0.0956. The largest absolute Gasteiger partial charge is 0.507 e. The summed E-state index contributed by atoms with van der Waals surface area (Å²) in [4.78, 5) is 0. The molecule has 4 aromatic rings. The van der Waals surface area contributed by atoms with E-state index < -0.39 is 10.8 Å². The van der Waals surface area contributed by atoms with Crippen molar-refractivity contribution >= 4 is 0 Å². The van der Waals surface area contributed by atoms with Crippen molar-refractivity contribution in [3.63, 3.8) is 0 Å². The minimum atomic E-state index is -0.671. The van der Waals surface area contributed by atoms with E-state index in [0.29, 0.717) is 30.1 Å². The third-order valence-electron chi connectivity index (χ3n) is 10.1. The number of phenols is 3. The predicted octanol–water partition coefficient (Wildman–Crippen LogP) is 8.97. The number of methoxy groups -OCH3 is 4. The summed E-state index contributed by atoms with van der Waals surface area (Å²) in [6.07, 6.45) is 3.35. The topological polar surface area (TPSA) is 97.6 Å². The van der Waals surface area contributed by atoms with Gasteiger partial charge in [-0.25, -0.2) is 0 Å². The van der Waals surface area contributed by atoms with Crippen LogP contribution >= 0.6 is 0 Å². The van der Waals surface area contributed by atoms with E-state index in [1.54, 1.807) is 28.4 Å². The summed E-state index contributed by atoms with van der Waals surface area (Å²) in [6, 6.07) is 21.1. The van der Waals surface area contributed by atoms with Gasteiger partial charge < -0.3 is 34.3 Å². The molecular weight excluding hydrogens is 628 g/mol. The Kier molecular flexibility index (Phi) is 13.1. The molecule has 0 aliphatic rings. The molecule has 50 heavy (non-hydrogen) atoms. The monoisotopic (exact) mass is 684 g/mol. The zero-order valence-corrected chi connectivity index (χ0v) is 31.4. The molecule has 0 radical (unpaired) electrons. The van der Waals surface area contributed by atoms with Crippen LogP contribution in [0.4, 0.5) is 0 Å². The van der Waals surface area contributed by atoms with Crippen molar-refractivity contribution in [3.8, 4) is 17.2 Å². The molecule has 0 spiro atoms. The maximum absolute atomic E-state index is 11.3. The van der Waals surface area contributed by atoms with E-state index >= 15 is 0 Å². The van der Waals surface area contributed by atoms with Crippen molar-refractivity contribution < 1.29 is 34.3 Å². The Bertz CT molecular complexity index is 1590. The second kappa shape index (κ2) is 16.9. The van der Waals surface area contributed by atoms with Crippen LogP contribution in [0.15, 0.2) is 60.7 Å². The maximum atomic E-state index is 11.3. The molecule has 1 unspecified atom stereocenters. The average Bonchev–Trinajstić information content (AvgIpc) is 3.10. The molecule has 3 N–H and O–H groups in total. The molecule has 0 saturated carbocycles. The molecule has 0 amide bonds. The van der Waals surface area contributed by atoms with Crippen LogP contribution in [0.3, 0.4) is 0 Å². The smallest absolute Gasteiger partial charge is 0.126 e. The van der Waals surface area contributed by atoms with Crippen molar-refractivity contribution in [3.05, 3.63) is 122 Å². The van der Waals surface area contributed by atoms with Crippen molar-refractivity contribution in [2.75, 3.05) is 28.4 Å². The van der Waals surface area contributed by atoms with Crippen LogP contribution in [-0.2, 0) is 69.0 Å². The lowest BCUT2D eigenvalue weighted by atomic mass is 9.68. The summed E-state index contributed by atoms with van der Waals surface area (Å²) in [6.45, 7) is 11.9. The van der Waals surface area contributed by atoms with Crippen LogP contribution in [0, 0.1) is 0 Å². The Hall–Kier alpha value is -3.88. The number of hydrogen-bond acceptors (Lipinski definition) is 7. The minimum absolute atomic E-state index is 0.176. The molecule has 7 heteroatoms. The average molecular weight is 685 g/mol. The Morgan fingerprint density at radius 1 is 0.440 bits per heavy atom. The third kappa shape index (κ3) is 7.87. The van der Waals surface area contributed by atoms with Gasteiger partial charge in [-0.05, 0) is 83.0 Å². The van der Waals surface area contributed by atoms with Crippen molar-refractivity contribution in [2.45, 2.75) is 97.6 Å². The molecule has 4 aromatic carbocycles. The molecule has 7 nitrogen and oxygen atoms in total. The van der Waals surface area contributed by atoms with E-state index in [2.05, 4.69) is 71.0 Å². The fraction of sp³-hybridized carbons (Fsp3) is 0.442. The van der Waals surface area contributed by atoms with Gasteiger partial charge in [0.1, 0.15) is 17.2 Å². The third-order valence-corrected chi connectivity index (χ3v) is 10.1. The van der Waals surface area contributed by atoms with E-state index in [0.717, 1.165) is 75.8 Å². The second-order valence-electron chi connectivity index (χ2n) is 14.0. The van der Waals surface area contributed by atoms with Gasteiger partial charge in [0, 0.05) is 61.5 Å².